The Morgan fingerprint density at radius 2 is 2.00 bits per heavy atom. The van der Waals surface area contributed by atoms with Gasteiger partial charge in [-0.05, 0) is 42.0 Å². The van der Waals surface area contributed by atoms with E-state index in [0.717, 1.165) is 0 Å². The molecule has 0 aliphatic carbocycles. The van der Waals surface area contributed by atoms with Crippen LogP contribution < -0.4 is 10.9 Å². The maximum absolute atomic E-state index is 13.1. The van der Waals surface area contributed by atoms with Crippen molar-refractivity contribution in [1.82, 2.24) is 0 Å². The summed E-state index contributed by atoms with van der Waals surface area (Å²) in [5.74, 6) is -0.883. The number of halogens is 1. The van der Waals surface area contributed by atoms with Crippen LogP contribution in [0, 0.1) is 5.82 Å². The Bertz CT molecular complexity index is 951. The predicted octanol–water partition coefficient (Wildman–Crippen LogP) is 2.99. The Balaban J connectivity index is 1.70. The maximum atomic E-state index is 13.1. The molecule has 3 rings (SSSR count). The van der Waals surface area contributed by atoms with Gasteiger partial charge >= 0.3 is 5.63 Å². The normalized spacial score (nSPS) is 12.1. The molecule has 0 spiro atoms. The van der Waals surface area contributed by atoms with Crippen LogP contribution in [0.25, 0.3) is 11.0 Å². The van der Waals surface area contributed by atoms with Crippen molar-refractivity contribution in [2.24, 2.45) is 0 Å². The van der Waals surface area contributed by atoms with E-state index in [1.54, 1.807) is 30.3 Å². The van der Waals surface area contributed by atoms with Crippen LogP contribution in [-0.2, 0) is 4.79 Å². The van der Waals surface area contributed by atoms with Gasteiger partial charge in [0, 0.05) is 17.1 Å². The molecule has 5 nitrogen and oxygen atoms in total. The highest BCUT2D eigenvalue weighted by atomic mass is 19.1. The number of rotatable bonds is 4. The van der Waals surface area contributed by atoms with Gasteiger partial charge in [0.25, 0.3) is 0 Å². The Morgan fingerprint density at radius 3 is 2.79 bits per heavy atom. The molecule has 1 amide bonds. The number of hydrogen-bond acceptors (Lipinski definition) is 4. The molecule has 0 saturated heterocycles. The van der Waals surface area contributed by atoms with Crippen molar-refractivity contribution in [2.75, 3.05) is 5.32 Å². The number of carbonyl (C=O) groups excluding carboxylic acids is 1. The highest BCUT2D eigenvalue weighted by molar-refractivity contribution is 5.93. The molecule has 122 valence electrons. The van der Waals surface area contributed by atoms with Crippen LogP contribution in [0.2, 0.25) is 0 Å². The van der Waals surface area contributed by atoms with Crippen molar-refractivity contribution >= 4 is 22.6 Å². The molecule has 0 radical (unpaired) electrons. The average Bonchev–Trinajstić information content (AvgIpc) is 2.55. The van der Waals surface area contributed by atoms with Crippen LogP contribution in [-0.4, -0.2) is 11.0 Å². The zero-order valence-corrected chi connectivity index (χ0v) is 12.5. The minimum atomic E-state index is -1.10. The number of aliphatic hydroxyl groups is 1. The van der Waals surface area contributed by atoms with Crippen molar-refractivity contribution in [2.45, 2.75) is 12.5 Å². The number of nitrogens with one attached hydrogen (secondary N) is 1. The summed E-state index contributed by atoms with van der Waals surface area (Å²) in [7, 11) is 0. The van der Waals surface area contributed by atoms with Crippen molar-refractivity contribution in [3.05, 3.63) is 76.4 Å². The van der Waals surface area contributed by atoms with Gasteiger partial charge in [0.2, 0.25) is 5.91 Å². The number of amides is 1. The number of benzene rings is 2. The summed E-state index contributed by atoms with van der Waals surface area (Å²) in [5, 5.41) is 13.3. The lowest BCUT2D eigenvalue weighted by molar-refractivity contribution is -0.118. The van der Waals surface area contributed by atoms with E-state index in [1.807, 2.05) is 0 Å². The summed E-state index contributed by atoms with van der Waals surface area (Å²) in [6.45, 7) is 0. The minimum absolute atomic E-state index is 0.203. The first-order valence-electron chi connectivity index (χ1n) is 7.28. The predicted molar refractivity (Wildman–Crippen MR) is 87.1 cm³/mol. The second kappa shape index (κ2) is 6.64. The van der Waals surface area contributed by atoms with E-state index in [-0.39, 0.29) is 6.42 Å². The minimum Gasteiger partial charge on any atom is -0.423 e. The SMILES string of the molecule is O=C(CC(O)c1cccc(F)c1)Nc1ccc2oc(=O)ccc2c1. The monoisotopic (exact) mass is 327 g/mol. The third kappa shape index (κ3) is 3.67. The van der Waals surface area contributed by atoms with Gasteiger partial charge in [-0.2, -0.15) is 0 Å². The largest absolute Gasteiger partial charge is 0.423 e. The Hall–Kier alpha value is -2.99. The highest BCUT2D eigenvalue weighted by Crippen LogP contribution is 2.20. The zero-order chi connectivity index (χ0) is 17.1. The fraction of sp³-hybridized carbons (Fsp3) is 0.111. The second-order valence-corrected chi connectivity index (χ2v) is 5.33. The van der Waals surface area contributed by atoms with Crippen molar-refractivity contribution in [3.63, 3.8) is 0 Å². The molecular weight excluding hydrogens is 313 g/mol. The Labute approximate surface area is 136 Å². The fourth-order valence-electron chi connectivity index (χ4n) is 2.37. The summed E-state index contributed by atoms with van der Waals surface area (Å²) in [6, 6.07) is 13.2. The number of fused-ring (bicyclic) bond motifs is 1. The van der Waals surface area contributed by atoms with Crippen LogP contribution in [0.1, 0.15) is 18.1 Å². The highest BCUT2D eigenvalue weighted by Gasteiger charge is 2.14. The maximum Gasteiger partial charge on any atom is 0.336 e. The van der Waals surface area contributed by atoms with E-state index in [2.05, 4.69) is 5.32 Å². The molecule has 24 heavy (non-hydrogen) atoms. The number of hydrogen-bond donors (Lipinski definition) is 2. The molecule has 1 heterocycles. The van der Waals surface area contributed by atoms with Crippen LogP contribution >= 0.6 is 0 Å². The van der Waals surface area contributed by atoms with E-state index in [9.17, 15) is 19.1 Å². The van der Waals surface area contributed by atoms with Crippen LogP contribution in [0.5, 0.6) is 0 Å². The lowest BCUT2D eigenvalue weighted by Crippen LogP contribution is -2.15. The molecule has 6 heteroatoms. The first-order valence-corrected chi connectivity index (χ1v) is 7.28. The smallest absolute Gasteiger partial charge is 0.336 e. The van der Waals surface area contributed by atoms with Crippen LogP contribution in [0.15, 0.2) is 63.8 Å². The first kappa shape index (κ1) is 15.9. The topological polar surface area (TPSA) is 79.5 Å². The molecule has 1 unspecified atom stereocenters. The van der Waals surface area contributed by atoms with E-state index in [0.29, 0.717) is 22.2 Å². The molecule has 1 atom stereocenters. The quantitative estimate of drug-likeness (QED) is 0.722. The molecule has 0 fully saturated rings. The van der Waals surface area contributed by atoms with Gasteiger partial charge in [-0.15, -0.1) is 0 Å². The summed E-state index contributed by atoms with van der Waals surface area (Å²) in [6.07, 6.45) is -1.30. The Kier molecular flexibility index (Phi) is 4.39. The summed E-state index contributed by atoms with van der Waals surface area (Å²) in [4.78, 5) is 23.2. The molecule has 0 aliphatic heterocycles. The van der Waals surface area contributed by atoms with Crippen molar-refractivity contribution < 1.29 is 18.7 Å². The van der Waals surface area contributed by atoms with E-state index < -0.39 is 23.5 Å². The van der Waals surface area contributed by atoms with Crippen LogP contribution in [0.3, 0.4) is 0 Å². The van der Waals surface area contributed by atoms with Gasteiger partial charge in [-0.1, -0.05) is 12.1 Å². The third-order valence-electron chi connectivity index (χ3n) is 3.52. The van der Waals surface area contributed by atoms with E-state index in [1.165, 1.54) is 24.3 Å². The van der Waals surface area contributed by atoms with Gasteiger partial charge in [-0.3, -0.25) is 4.79 Å². The van der Waals surface area contributed by atoms with Gasteiger partial charge < -0.3 is 14.8 Å². The van der Waals surface area contributed by atoms with Gasteiger partial charge in [0.05, 0.1) is 12.5 Å². The summed E-state index contributed by atoms with van der Waals surface area (Å²) < 4.78 is 18.2. The number of aliphatic hydroxyl groups excluding tert-OH is 1. The second-order valence-electron chi connectivity index (χ2n) is 5.33. The average molecular weight is 327 g/mol. The molecule has 1 aromatic heterocycles. The fourth-order valence-corrected chi connectivity index (χ4v) is 2.37. The molecular formula is C18H14FNO4. The lowest BCUT2D eigenvalue weighted by Gasteiger charge is -2.11. The van der Waals surface area contributed by atoms with Gasteiger partial charge in [-0.25, -0.2) is 9.18 Å². The van der Waals surface area contributed by atoms with Gasteiger partial charge in [0.15, 0.2) is 0 Å². The molecule has 2 aromatic carbocycles. The lowest BCUT2D eigenvalue weighted by atomic mass is 10.1. The Morgan fingerprint density at radius 1 is 1.17 bits per heavy atom. The zero-order valence-electron chi connectivity index (χ0n) is 12.5. The number of carbonyl (C=O) groups is 1. The molecule has 0 aliphatic rings. The standard InChI is InChI=1S/C18H14FNO4/c19-13-3-1-2-11(8-13)15(21)10-17(22)20-14-5-6-16-12(9-14)4-7-18(23)24-16/h1-9,15,21H,10H2,(H,20,22). The molecule has 2 N–H and O–H groups in total. The van der Waals surface area contributed by atoms with Gasteiger partial charge in [0.1, 0.15) is 11.4 Å². The van der Waals surface area contributed by atoms with Crippen LogP contribution in [0.4, 0.5) is 10.1 Å². The third-order valence-corrected chi connectivity index (χ3v) is 3.52. The number of anilines is 1. The van der Waals surface area contributed by atoms with E-state index >= 15 is 0 Å². The molecule has 0 bridgehead atoms. The molecule has 0 saturated carbocycles. The summed E-state index contributed by atoms with van der Waals surface area (Å²) in [5.41, 5.74) is 0.816. The van der Waals surface area contributed by atoms with Crippen molar-refractivity contribution in [3.8, 4) is 0 Å². The molecule has 3 aromatic rings. The summed E-state index contributed by atoms with van der Waals surface area (Å²) >= 11 is 0. The van der Waals surface area contributed by atoms with Crippen molar-refractivity contribution in [1.29, 1.82) is 0 Å². The first-order chi connectivity index (χ1) is 11.5. The van der Waals surface area contributed by atoms with E-state index in [4.69, 9.17) is 4.42 Å².